The van der Waals surface area contributed by atoms with Crippen LogP contribution in [0.2, 0.25) is 10.0 Å². The second kappa shape index (κ2) is 9.77. The highest BCUT2D eigenvalue weighted by molar-refractivity contribution is 9.10. The van der Waals surface area contributed by atoms with Gasteiger partial charge in [-0.15, -0.1) is 0 Å². The molecule has 3 aromatic carbocycles. The van der Waals surface area contributed by atoms with E-state index in [0.29, 0.717) is 26.9 Å². The summed E-state index contributed by atoms with van der Waals surface area (Å²) in [6, 6.07) is 18.6. The molecule has 0 unspecified atom stereocenters. The van der Waals surface area contributed by atoms with Gasteiger partial charge in [-0.3, -0.25) is 10.1 Å². The van der Waals surface area contributed by atoms with Crippen molar-refractivity contribution < 1.29 is 9.66 Å². The molecule has 30 heavy (non-hydrogen) atoms. The lowest BCUT2D eigenvalue weighted by atomic mass is 10.0. The molecule has 0 saturated carbocycles. The number of benzene rings is 3. The van der Waals surface area contributed by atoms with E-state index in [2.05, 4.69) is 22.0 Å². The van der Waals surface area contributed by atoms with Crippen molar-refractivity contribution in [2.75, 3.05) is 0 Å². The van der Waals surface area contributed by atoms with Crippen molar-refractivity contribution >= 4 is 56.5 Å². The van der Waals surface area contributed by atoms with Crippen LogP contribution in [0.4, 0.5) is 5.69 Å². The number of nitro groups is 1. The minimum Gasteiger partial charge on any atom is -0.488 e. The summed E-state index contributed by atoms with van der Waals surface area (Å²) in [5, 5.41) is 21.7. The Labute approximate surface area is 191 Å². The third kappa shape index (κ3) is 5.39. The van der Waals surface area contributed by atoms with Crippen LogP contribution in [0, 0.1) is 21.4 Å². The highest BCUT2D eigenvalue weighted by atomic mass is 79.9. The van der Waals surface area contributed by atoms with E-state index >= 15 is 0 Å². The van der Waals surface area contributed by atoms with Crippen LogP contribution in [-0.2, 0) is 6.61 Å². The molecule has 0 aromatic heterocycles. The van der Waals surface area contributed by atoms with E-state index in [4.69, 9.17) is 27.9 Å². The van der Waals surface area contributed by atoms with Crippen LogP contribution < -0.4 is 4.74 Å². The van der Waals surface area contributed by atoms with E-state index in [0.717, 1.165) is 10.0 Å². The van der Waals surface area contributed by atoms with Crippen LogP contribution in [0.25, 0.3) is 11.6 Å². The fourth-order valence-electron chi connectivity index (χ4n) is 2.68. The molecule has 0 aliphatic heterocycles. The SMILES string of the molecule is N#C/C(=C/c1cc(Br)ccc1OCc1ccc(Cl)cc1Cl)c1cccc([N+](=O)[O-])c1. The second-order valence-electron chi connectivity index (χ2n) is 6.18. The van der Waals surface area contributed by atoms with Crippen molar-refractivity contribution in [2.45, 2.75) is 6.61 Å². The summed E-state index contributed by atoms with van der Waals surface area (Å²) in [6.07, 6.45) is 1.63. The molecule has 8 heteroatoms. The summed E-state index contributed by atoms with van der Waals surface area (Å²) < 4.78 is 6.73. The average Bonchev–Trinajstić information content (AvgIpc) is 2.72. The Bertz CT molecular complexity index is 1190. The minimum absolute atomic E-state index is 0.0863. The van der Waals surface area contributed by atoms with Crippen LogP contribution in [0.1, 0.15) is 16.7 Å². The van der Waals surface area contributed by atoms with E-state index in [1.54, 1.807) is 48.5 Å². The number of allylic oxidation sites excluding steroid dienone is 1. The van der Waals surface area contributed by atoms with E-state index in [1.807, 2.05) is 6.07 Å². The first-order valence-electron chi connectivity index (χ1n) is 8.60. The van der Waals surface area contributed by atoms with Crippen molar-refractivity contribution in [3.63, 3.8) is 0 Å². The maximum atomic E-state index is 11.0. The maximum Gasteiger partial charge on any atom is 0.270 e. The summed E-state index contributed by atoms with van der Waals surface area (Å²) in [7, 11) is 0. The Morgan fingerprint density at radius 2 is 1.97 bits per heavy atom. The molecule has 0 saturated heterocycles. The van der Waals surface area contributed by atoms with Crippen LogP contribution >= 0.6 is 39.1 Å². The van der Waals surface area contributed by atoms with Crippen LogP contribution in [-0.4, -0.2) is 4.92 Å². The summed E-state index contributed by atoms with van der Waals surface area (Å²) in [6.45, 7) is 0.206. The van der Waals surface area contributed by atoms with E-state index < -0.39 is 4.92 Å². The van der Waals surface area contributed by atoms with Crippen molar-refractivity contribution in [3.05, 3.63) is 102 Å². The van der Waals surface area contributed by atoms with Gasteiger partial charge in [-0.1, -0.05) is 57.3 Å². The van der Waals surface area contributed by atoms with Crippen molar-refractivity contribution in [2.24, 2.45) is 0 Å². The first-order valence-corrected chi connectivity index (χ1v) is 10.1. The Hall–Kier alpha value is -2.85. The topological polar surface area (TPSA) is 76.2 Å². The third-order valence-electron chi connectivity index (χ3n) is 4.16. The summed E-state index contributed by atoms with van der Waals surface area (Å²) in [4.78, 5) is 10.5. The monoisotopic (exact) mass is 502 g/mol. The van der Waals surface area contributed by atoms with Gasteiger partial charge in [0.2, 0.25) is 0 Å². The number of nitriles is 1. The Balaban J connectivity index is 1.95. The Morgan fingerprint density at radius 1 is 1.17 bits per heavy atom. The lowest BCUT2D eigenvalue weighted by Gasteiger charge is -2.12. The standard InChI is InChI=1S/C22H13BrCl2N2O3/c23-18-5-7-22(30-13-15-4-6-19(24)11-21(15)25)16(9-18)8-17(12-26)14-2-1-3-20(10-14)27(28)29/h1-11H,13H2/b17-8-. The molecule has 0 atom stereocenters. The molecule has 0 N–H and O–H groups in total. The smallest absolute Gasteiger partial charge is 0.270 e. The van der Waals surface area contributed by atoms with Gasteiger partial charge in [0, 0.05) is 37.8 Å². The zero-order valence-corrected chi connectivity index (χ0v) is 18.4. The summed E-state index contributed by atoms with van der Waals surface area (Å²) in [5.74, 6) is 0.530. The molecular formula is C22H13BrCl2N2O3. The van der Waals surface area contributed by atoms with Crippen LogP contribution in [0.15, 0.2) is 65.1 Å². The van der Waals surface area contributed by atoms with E-state index in [-0.39, 0.29) is 17.9 Å². The van der Waals surface area contributed by atoms with Crippen molar-refractivity contribution in [1.82, 2.24) is 0 Å². The molecule has 0 amide bonds. The van der Waals surface area contributed by atoms with Gasteiger partial charge in [-0.05, 0) is 42.0 Å². The second-order valence-corrected chi connectivity index (χ2v) is 7.94. The number of hydrogen-bond donors (Lipinski definition) is 0. The van der Waals surface area contributed by atoms with E-state index in [1.165, 1.54) is 12.1 Å². The molecule has 0 aliphatic rings. The molecule has 0 aliphatic carbocycles. The zero-order valence-electron chi connectivity index (χ0n) is 15.3. The highest BCUT2D eigenvalue weighted by Crippen LogP contribution is 2.30. The molecule has 150 valence electrons. The van der Waals surface area contributed by atoms with Gasteiger partial charge in [0.25, 0.3) is 5.69 Å². The van der Waals surface area contributed by atoms with Crippen LogP contribution in [0.3, 0.4) is 0 Å². The van der Waals surface area contributed by atoms with Gasteiger partial charge >= 0.3 is 0 Å². The fraction of sp³-hybridized carbons (Fsp3) is 0.0455. The molecule has 5 nitrogen and oxygen atoms in total. The van der Waals surface area contributed by atoms with Gasteiger partial charge in [-0.25, -0.2) is 0 Å². The Kier molecular flexibility index (Phi) is 7.11. The molecule has 0 spiro atoms. The predicted octanol–water partition coefficient (Wildman–Crippen LogP) is 7.31. The highest BCUT2D eigenvalue weighted by Gasteiger charge is 2.11. The first-order chi connectivity index (χ1) is 14.4. The number of nitro benzene ring substituents is 1. The summed E-state index contributed by atoms with van der Waals surface area (Å²) >= 11 is 15.6. The first kappa shape index (κ1) is 21.8. The third-order valence-corrected chi connectivity index (χ3v) is 5.24. The largest absolute Gasteiger partial charge is 0.488 e. The molecule has 0 heterocycles. The number of non-ortho nitro benzene ring substituents is 1. The predicted molar refractivity (Wildman–Crippen MR) is 122 cm³/mol. The number of rotatable bonds is 6. The molecular weight excluding hydrogens is 491 g/mol. The minimum atomic E-state index is -0.498. The molecule has 3 rings (SSSR count). The number of nitrogens with zero attached hydrogens (tertiary/aromatic N) is 2. The van der Waals surface area contributed by atoms with Gasteiger partial charge in [0.1, 0.15) is 12.4 Å². The van der Waals surface area contributed by atoms with E-state index in [9.17, 15) is 15.4 Å². The maximum absolute atomic E-state index is 11.0. The van der Waals surface area contributed by atoms with Gasteiger partial charge in [0.15, 0.2) is 0 Å². The van der Waals surface area contributed by atoms with Gasteiger partial charge in [-0.2, -0.15) is 5.26 Å². The molecule has 0 radical (unpaired) electrons. The normalized spacial score (nSPS) is 11.1. The zero-order chi connectivity index (χ0) is 21.7. The fourth-order valence-corrected chi connectivity index (χ4v) is 3.52. The van der Waals surface area contributed by atoms with Crippen molar-refractivity contribution in [3.8, 4) is 11.8 Å². The summed E-state index contributed by atoms with van der Waals surface area (Å²) in [5.41, 5.74) is 2.02. The number of halogens is 3. The lowest BCUT2D eigenvalue weighted by molar-refractivity contribution is -0.384. The van der Waals surface area contributed by atoms with Gasteiger partial charge in [0.05, 0.1) is 16.6 Å². The quantitative estimate of drug-likeness (QED) is 0.153. The molecule has 3 aromatic rings. The van der Waals surface area contributed by atoms with Crippen molar-refractivity contribution in [1.29, 1.82) is 5.26 Å². The average molecular weight is 504 g/mol. The van der Waals surface area contributed by atoms with Crippen LogP contribution in [0.5, 0.6) is 5.75 Å². The molecule has 0 bridgehead atoms. The Morgan fingerprint density at radius 3 is 2.67 bits per heavy atom. The molecule has 0 fully saturated rings. The number of hydrogen-bond acceptors (Lipinski definition) is 4. The number of ether oxygens (including phenoxy) is 1. The van der Waals surface area contributed by atoms with Gasteiger partial charge < -0.3 is 4.74 Å². The lowest BCUT2D eigenvalue weighted by Crippen LogP contribution is -1.98.